The summed E-state index contributed by atoms with van der Waals surface area (Å²) in [5.41, 5.74) is 6.59. The van der Waals surface area contributed by atoms with E-state index in [0.717, 1.165) is 5.69 Å². The van der Waals surface area contributed by atoms with Gasteiger partial charge in [-0.15, -0.1) is 0 Å². The van der Waals surface area contributed by atoms with E-state index in [9.17, 15) is 24.3 Å². The van der Waals surface area contributed by atoms with Crippen molar-refractivity contribution in [2.75, 3.05) is 41.4 Å². The molecule has 1 aromatic carbocycles. The van der Waals surface area contributed by atoms with Crippen LogP contribution in [0.4, 0.5) is 23.1 Å². The Kier molecular flexibility index (Phi) is 9.29. The van der Waals surface area contributed by atoms with E-state index >= 15 is 0 Å². The molecule has 1 amide bonds. The molecule has 8 N–H and O–H groups in total. The second kappa shape index (κ2) is 11.7. The summed E-state index contributed by atoms with van der Waals surface area (Å²) in [6, 6.07) is 5.03. The normalized spacial score (nSPS) is 15.2. The molecule has 0 saturated carbocycles. The van der Waals surface area contributed by atoms with Crippen molar-refractivity contribution in [3.05, 3.63) is 40.2 Å². The van der Waals surface area contributed by atoms with Crippen LogP contribution in [-0.2, 0) is 9.59 Å². The van der Waals surface area contributed by atoms with Crippen molar-refractivity contribution in [1.29, 1.82) is 0 Å². The fourth-order valence-corrected chi connectivity index (χ4v) is 3.42. The number of carbonyl (C=O) groups excluding carboxylic acids is 1. The number of nitrogens with zero attached hydrogens (tertiary/aromatic N) is 2. The average Bonchev–Trinajstić information content (AvgIpc) is 2.75. The van der Waals surface area contributed by atoms with Crippen LogP contribution in [0.25, 0.3) is 0 Å². The number of aromatic nitrogens is 2. The summed E-state index contributed by atoms with van der Waals surface area (Å²) >= 11 is 0. The topological polar surface area (TPSA) is 203 Å². The molecule has 3 rings (SSSR count). The quantitative estimate of drug-likeness (QED) is 0.224. The molecule has 1 aliphatic heterocycles. The van der Waals surface area contributed by atoms with E-state index in [2.05, 4.69) is 25.9 Å². The first-order chi connectivity index (χ1) is 15.7. The average molecular weight is 482 g/mol. The Morgan fingerprint density at radius 1 is 1.26 bits per heavy atom. The van der Waals surface area contributed by atoms with Crippen molar-refractivity contribution in [2.24, 2.45) is 0 Å². The van der Waals surface area contributed by atoms with Crippen LogP contribution in [0.1, 0.15) is 23.2 Å². The number of carboxylic acids is 2. The number of carbonyl (C=O) groups is 3. The van der Waals surface area contributed by atoms with Crippen LogP contribution >= 0.6 is 0 Å². The second-order valence-corrected chi connectivity index (χ2v) is 7.55. The molecule has 2 aromatic rings. The number of aliphatic carboxylic acids is 2. The number of anilines is 4. The van der Waals surface area contributed by atoms with Gasteiger partial charge in [0.05, 0.1) is 6.04 Å². The number of H-pyrrole nitrogens is 1. The Hall–Kier alpha value is -3.29. The molecule has 0 saturated heterocycles. The maximum atomic E-state index is 12.3. The molecule has 34 heavy (non-hydrogen) atoms. The summed E-state index contributed by atoms with van der Waals surface area (Å²) in [4.78, 5) is 54.9. The molecule has 13 nitrogen and oxygen atoms in total. The first kappa shape index (κ1) is 27.0. The van der Waals surface area contributed by atoms with E-state index in [0.29, 0.717) is 24.6 Å². The maximum absolute atomic E-state index is 12.3. The molecule has 2 atom stereocenters. The first-order valence-corrected chi connectivity index (χ1v) is 10.1. The molecule has 1 radical (unpaired) electrons. The molecule has 1 aromatic heterocycles. The predicted octanol–water partition coefficient (Wildman–Crippen LogP) is -0.638. The van der Waals surface area contributed by atoms with Gasteiger partial charge >= 0.3 is 11.9 Å². The van der Waals surface area contributed by atoms with Gasteiger partial charge in [0.2, 0.25) is 5.95 Å². The van der Waals surface area contributed by atoms with Gasteiger partial charge in [-0.3, -0.25) is 19.4 Å². The summed E-state index contributed by atoms with van der Waals surface area (Å²) in [6.07, 6.45) is -0.586. The zero-order valence-corrected chi connectivity index (χ0v) is 20.8. The molecule has 0 fully saturated rings. The summed E-state index contributed by atoms with van der Waals surface area (Å²) in [7, 11) is 1.79. The minimum absolute atomic E-state index is 0. The molecular formula is C20H25N7NaO6. The second-order valence-electron chi connectivity index (χ2n) is 7.55. The van der Waals surface area contributed by atoms with E-state index in [1.165, 1.54) is 12.1 Å². The van der Waals surface area contributed by atoms with Crippen LogP contribution in [0.15, 0.2) is 29.1 Å². The van der Waals surface area contributed by atoms with E-state index in [-0.39, 0.29) is 65.5 Å². The molecule has 0 bridgehead atoms. The molecule has 1 unspecified atom stereocenters. The third-order valence-corrected chi connectivity index (χ3v) is 5.26. The molecule has 14 heteroatoms. The summed E-state index contributed by atoms with van der Waals surface area (Å²) < 4.78 is 0. The third-order valence-electron chi connectivity index (χ3n) is 5.26. The van der Waals surface area contributed by atoms with Gasteiger partial charge < -0.3 is 36.8 Å². The summed E-state index contributed by atoms with van der Waals surface area (Å²) in [5, 5.41) is 26.6. The van der Waals surface area contributed by atoms with Gasteiger partial charge in [-0.1, -0.05) is 0 Å². The van der Waals surface area contributed by atoms with Crippen LogP contribution in [0.5, 0.6) is 0 Å². The maximum Gasteiger partial charge on any atom is 0.326 e. The van der Waals surface area contributed by atoms with Gasteiger partial charge in [-0.2, -0.15) is 4.98 Å². The summed E-state index contributed by atoms with van der Waals surface area (Å²) in [6.45, 7) is 1.01. The largest absolute Gasteiger partial charge is 0.481 e. The zero-order valence-electron chi connectivity index (χ0n) is 18.8. The van der Waals surface area contributed by atoms with Crippen molar-refractivity contribution in [2.45, 2.75) is 24.9 Å². The fraction of sp³-hybridized carbons (Fsp3) is 0.350. The molecule has 2 heterocycles. The molecule has 0 aliphatic carbocycles. The van der Waals surface area contributed by atoms with Crippen LogP contribution in [0.3, 0.4) is 0 Å². The SMILES string of the molecule is CN1c2c(nc(N)[nH]c2=O)NCC1CNc1ccc(C(=O)N[C@@H](CCC(=O)O)C(=O)O)cc1.[Na]. The van der Waals surface area contributed by atoms with Gasteiger partial charge in [0.15, 0.2) is 5.82 Å². The van der Waals surface area contributed by atoms with Crippen LogP contribution in [-0.4, -0.2) is 99.8 Å². The molecule has 0 spiro atoms. The monoisotopic (exact) mass is 482 g/mol. The number of carboxylic acid groups (broad SMARTS) is 2. The van der Waals surface area contributed by atoms with Gasteiger partial charge in [0.25, 0.3) is 11.5 Å². The van der Waals surface area contributed by atoms with Gasteiger partial charge in [0.1, 0.15) is 11.7 Å². The number of hydrogen-bond acceptors (Lipinski definition) is 9. The number of nitrogens with two attached hydrogens (primary N) is 1. The number of likely N-dealkylation sites (N-methyl/N-ethyl adjacent to an activating group) is 1. The Morgan fingerprint density at radius 2 is 1.94 bits per heavy atom. The van der Waals surface area contributed by atoms with Crippen LogP contribution < -0.4 is 32.1 Å². The first-order valence-electron chi connectivity index (χ1n) is 10.1. The molecule has 177 valence electrons. The van der Waals surface area contributed by atoms with Gasteiger partial charge in [-0.25, -0.2) is 4.79 Å². The molecular weight excluding hydrogens is 457 g/mol. The van der Waals surface area contributed by atoms with Crippen molar-refractivity contribution in [3.63, 3.8) is 0 Å². The van der Waals surface area contributed by atoms with Crippen molar-refractivity contribution in [3.8, 4) is 0 Å². The number of nitrogen functional groups attached to an aromatic ring is 1. The number of aromatic amines is 1. The van der Waals surface area contributed by atoms with Crippen molar-refractivity contribution < 1.29 is 24.6 Å². The van der Waals surface area contributed by atoms with Crippen LogP contribution in [0.2, 0.25) is 0 Å². The minimum atomic E-state index is -1.30. The fourth-order valence-electron chi connectivity index (χ4n) is 3.42. The van der Waals surface area contributed by atoms with Crippen molar-refractivity contribution in [1.82, 2.24) is 15.3 Å². The Bertz CT molecular complexity index is 1110. The standard InChI is InChI=1S/C20H25N7O6.Na/c1-27-12(9-23-16-15(27)18(31)26-20(21)25-16)8-22-11-4-2-10(3-5-11)17(30)24-13(19(32)33)6-7-14(28)29;/h2-5,12-13,22H,6-9H2,1H3,(H,24,30)(H,28,29)(H,32,33)(H4,21,23,25,26,31);/t12?,13-;/m0./s1. The number of rotatable bonds is 9. The number of benzene rings is 1. The number of fused-ring (bicyclic) bond motifs is 1. The van der Waals surface area contributed by atoms with E-state index in [1.807, 2.05) is 4.90 Å². The number of nitrogens with one attached hydrogen (secondary N) is 4. The third kappa shape index (κ3) is 6.62. The molecule has 1 aliphatic rings. The van der Waals surface area contributed by atoms with E-state index in [1.54, 1.807) is 19.2 Å². The van der Waals surface area contributed by atoms with Crippen molar-refractivity contribution >= 4 is 70.5 Å². The zero-order chi connectivity index (χ0) is 24.1. The van der Waals surface area contributed by atoms with Crippen LogP contribution in [0, 0.1) is 0 Å². The van der Waals surface area contributed by atoms with Gasteiger partial charge in [0, 0.05) is 67.4 Å². The van der Waals surface area contributed by atoms with E-state index < -0.39 is 23.9 Å². The Balaban J connectivity index is 0.00000408. The smallest absolute Gasteiger partial charge is 0.326 e. The Labute approximate surface area is 216 Å². The minimum Gasteiger partial charge on any atom is -0.481 e. The van der Waals surface area contributed by atoms with Gasteiger partial charge in [-0.05, 0) is 30.7 Å². The predicted molar refractivity (Wildman–Crippen MR) is 126 cm³/mol. The number of hydrogen-bond donors (Lipinski definition) is 7. The number of amides is 1. The Morgan fingerprint density at radius 3 is 2.56 bits per heavy atom. The summed E-state index contributed by atoms with van der Waals surface area (Å²) in [5.74, 6) is -2.59. The van der Waals surface area contributed by atoms with E-state index in [4.69, 9.17) is 10.8 Å².